The molecule has 20 heavy (non-hydrogen) atoms. The maximum absolute atomic E-state index is 13.9. The molecular formula is C17H25F2N. The number of rotatable bonds is 5. The van der Waals surface area contributed by atoms with Crippen LogP contribution < -0.4 is 5.32 Å². The Morgan fingerprint density at radius 3 is 2.35 bits per heavy atom. The van der Waals surface area contributed by atoms with E-state index >= 15 is 0 Å². The van der Waals surface area contributed by atoms with Crippen molar-refractivity contribution in [2.24, 2.45) is 11.3 Å². The molecule has 0 spiro atoms. The summed E-state index contributed by atoms with van der Waals surface area (Å²) in [5.41, 5.74) is 0.522. The topological polar surface area (TPSA) is 12.0 Å². The number of hydrogen-bond acceptors (Lipinski definition) is 1. The van der Waals surface area contributed by atoms with Crippen LogP contribution in [-0.2, 0) is 6.42 Å². The second-order valence-electron chi connectivity index (χ2n) is 7.42. The summed E-state index contributed by atoms with van der Waals surface area (Å²) in [7, 11) is 0. The van der Waals surface area contributed by atoms with Crippen LogP contribution in [0.5, 0.6) is 0 Å². The van der Waals surface area contributed by atoms with Gasteiger partial charge in [0.25, 0.3) is 0 Å². The minimum atomic E-state index is -0.746. The van der Waals surface area contributed by atoms with E-state index < -0.39 is 11.6 Å². The molecule has 1 fully saturated rings. The Morgan fingerprint density at radius 1 is 1.15 bits per heavy atom. The second kappa shape index (κ2) is 5.44. The molecule has 1 atom stereocenters. The first-order valence-corrected chi connectivity index (χ1v) is 7.39. The predicted molar refractivity (Wildman–Crippen MR) is 78.6 cm³/mol. The Morgan fingerprint density at radius 2 is 1.80 bits per heavy atom. The van der Waals surface area contributed by atoms with E-state index in [0.717, 1.165) is 6.54 Å². The van der Waals surface area contributed by atoms with Crippen molar-refractivity contribution in [1.82, 2.24) is 5.32 Å². The molecule has 0 heterocycles. The molecule has 0 amide bonds. The second-order valence-corrected chi connectivity index (χ2v) is 7.42. The fraction of sp³-hybridized carbons (Fsp3) is 0.647. The number of nitrogens with one attached hydrogen (secondary N) is 1. The zero-order valence-corrected chi connectivity index (χ0v) is 12.9. The van der Waals surface area contributed by atoms with Crippen LogP contribution in [0, 0.1) is 23.0 Å². The van der Waals surface area contributed by atoms with E-state index in [1.165, 1.54) is 18.9 Å². The molecule has 1 saturated carbocycles. The van der Waals surface area contributed by atoms with Gasteiger partial charge in [-0.15, -0.1) is 0 Å². The van der Waals surface area contributed by atoms with Crippen LogP contribution in [0.15, 0.2) is 18.2 Å². The Bertz CT molecular complexity index is 474. The van der Waals surface area contributed by atoms with Crippen LogP contribution in [0.4, 0.5) is 8.78 Å². The molecule has 1 unspecified atom stereocenters. The van der Waals surface area contributed by atoms with Gasteiger partial charge in [-0.2, -0.15) is 0 Å². The first kappa shape index (κ1) is 15.4. The number of hydrogen-bond donors (Lipinski definition) is 1. The molecule has 1 aromatic rings. The van der Waals surface area contributed by atoms with Gasteiger partial charge < -0.3 is 5.32 Å². The minimum absolute atomic E-state index is 0.0120. The molecule has 1 aliphatic rings. The van der Waals surface area contributed by atoms with E-state index in [1.807, 2.05) is 0 Å². The molecule has 1 nitrogen and oxygen atoms in total. The summed E-state index contributed by atoms with van der Waals surface area (Å²) in [4.78, 5) is 0. The van der Waals surface area contributed by atoms with Gasteiger partial charge in [0, 0.05) is 12.1 Å². The van der Waals surface area contributed by atoms with Crippen molar-refractivity contribution in [3.63, 3.8) is 0 Å². The van der Waals surface area contributed by atoms with Crippen molar-refractivity contribution < 1.29 is 8.78 Å². The molecule has 1 N–H and O–H groups in total. The van der Waals surface area contributed by atoms with Crippen LogP contribution in [0.3, 0.4) is 0 Å². The van der Waals surface area contributed by atoms with Crippen molar-refractivity contribution >= 4 is 0 Å². The molecule has 0 radical (unpaired) electrons. The van der Waals surface area contributed by atoms with Crippen LogP contribution in [0.2, 0.25) is 0 Å². The molecule has 2 rings (SSSR count). The third-order valence-corrected chi connectivity index (χ3v) is 4.21. The first-order chi connectivity index (χ1) is 9.21. The van der Waals surface area contributed by atoms with Crippen LogP contribution >= 0.6 is 0 Å². The summed E-state index contributed by atoms with van der Waals surface area (Å²) in [6, 6.07) is 4.48. The van der Waals surface area contributed by atoms with E-state index in [1.54, 1.807) is 12.1 Å². The SMILES string of the molecule is CC(C)(C)NCC(C)(Cc1cccc(F)c1F)C1CC1. The lowest BCUT2D eigenvalue weighted by Gasteiger charge is -2.34. The van der Waals surface area contributed by atoms with Gasteiger partial charge in [-0.3, -0.25) is 0 Å². The Hall–Kier alpha value is -0.960. The van der Waals surface area contributed by atoms with Gasteiger partial charge in [0.15, 0.2) is 11.6 Å². The van der Waals surface area contributed by atoms with Gasteiger partial charge in [0.1, 0.15) is 0 Å². The first-order valence-electron chi connectivity index (χ1n) is 7.39. The molecule has 1 aliphatic carbocycles. The summed E-state index contributed by atoms with van der Waals surface area (Å²) in [5.74, 6) is -0.820. The third-order valence-electron chi connectivity index (χ3n) is 4.21. The quantitative estimate of drug-likeness (QED) is 0.848. The van der Waals surface area contributed by atoms with E-state index in [4.69, 9.17) is 0 Å². The van der Waals surface area contributed by atoms with Crippen LogP contribution in [0.25, 0.3) is 0 Å². The lowest BCUT2D eigenvalue weighted by molar-refractivity contribution is 0.225. The van der Waals surface area contributed by atoms with Crippen molar-refractivity contribution in [2.75, 3.05) is 6.54 Å². The van der Waals surface area contributed by atoms with Gasteiger partial charge >= 0.3 is 0 Å². The van der Waals surface area contributed by atoms with E-state index in [9.17, 15) is 8.78 Å². The normalized spacial score (nSPS) is 18.9. The van der Waals surface area contributed by atoms with Crippen molar-refractivity contribution in [2.45, 2.75) is 52.5 Å². The largest absolute Gasteiger partial charge is 0.312 e. The Labute approximate surface area is 120 Å². The fourth-order valence-electron chi connectivity index (χ4n) is 2.72. The lowest BCUT2D eigenvalue weighted by Crippen LogP contribution is -2.44. The molecule has 0 aliphatic heterocycles. The van der Waals surface area contributed by atoms with Crippen LogP contribution in [-0.4, -0.2) is 12.1 Å². The summed E-state index contributed by atoms with van der Waals surface area (Å²) in [5, 5.41) is 3.52. The van der Waals surface area contributed by atoms with Gasteiger partial charge in [0.05, 0.1) is 0 Å². The molecule has 1 aromatic carbocycles. The molecule has 112 valence electrons. The number of halogens is 2. The minimum Gasteiger partial charge on any atom is -0.312 e. The fourth-order valence-corrected chi connectivity index (χ4v) is 2.72. The van der Waals surface area contributed by atoms with Gasteiger partial charge in [-0.05, 0) is 63.0 Å². The zero-order chi connectivity index (χ0) is 15.0. The third kappa shape index (κ3) is 3.78. The average Bonchev–Trinajstić information content (AvgIpc) is 3.16. The smallest absolute Gasteiger partial charge is 0.162 e. The number of benzene rings is 1. The predicted octanol–water partition coefficient (Wildman–Crippen LogP) is 4.31. The van der Waals surface area contributed by atoms with Gasteiger partial charge in [0.2, 0.25) is 0 Å². The Kier molecular flexibility index (Phi) is 4.19. The maximum Gasteiger partial charge on any atom is 0.162 e. The maximum atomic E-state index is 13.9. The van der Waals surface area contributed by atoms with Gasteiger partial charge in [-0.1, -0.05) is 19.1 Å². The highest BCUT2D eigenvalue weighted by Crippen LogP contribution is 2.47. The van der Waals surface area contributed by atoms with E-state index in [-0.39, 0.29) is 11.0 Å². The lowest BCUT2D eigenvalue weighted by atomic mass is 9.78. The monoisotopic (exact) mass is 281 g/mol. The van der Waals surface area contributed by atoms with Crippen molar-refractivity contribution in [3.8, 4) is 0 Å². The highest BCUT2D eigenvalue weighted by molar-refractivity contribution is 5.21. The molecule has 3 heteroatoms. The molecule has 0 saturated heterocycles. The van der Waals surface area contributed by atoms with E-state index in [2.05, 4.69) is 33.0 Å². The highest BCUT2D eigenvalue weighted by Gasteiger charge is 2.42. The summed E-state index contributed by atoms with van der Waals surface area (Å²) < 4.78 is 27.3. The molecule has 0 aromatic heterocycles. The summed E-state index contributed by atoms with van der Waals surface area (Å²) >= 11 is 0. The summed E-state index contributed by atoms with van der Waals surface area (Å²) in [6.45, 7) is 9.40. The highest BCUT2D eigenvalue weighted by atomic mass is 19.2. The Balaban J connectivity index is 2.14. The van der Waals surface area contributed by atoms with Crippen molar-refractivity contribution in [3.05, 3.63) is 35.4 Å². The summed E-state index contributed by atoms with van der Waals surface area (Å²) in [6.07, 6.45) is 2.98. The molecular weight excluding hydrogens is 256 g/mol. The zero-order valence-electron chi connectivity index (χ0n) is 12.9. The van der Waals surface area contributed by atoms with Gasteiger partial charge in [-0.25, -0.2) is 8.78 Å². The molecule has 0 bridgehead atoms. The average molecular weight is 281 g/mol. The standard InChI is InChI=1S/C17H25F2N/c1-16(2,3)20-11-17(4,13-8-9-13)10-12-6-5-7-14(18)15(12)19/h5-7,13,20H,8-11H2,1-4H3. The van der Waals surface area contributed by atoms with E-state index in [0.29, 0.717) is 17.9 Å². The van der Waals surface area contributed by atoms with Crippen molar-refractivity contribution in [1.29, 1.82) is 0 Å². The van der Waals surface area contributed by atoms with Crippen LogP contribution in [0.1, 0.15) is 46.1 Å².